The number of nitrogens with zero attached hydrogens (tertiary/aromatic N) is 2. The Hall–Kier alpha value is -6.29. The van der Waals surface area contributed by atoms with Crippen molar-refractivity contribution in [2.24, 2.45) is 0 Å². The predicted octanol–water partition coefficient (Wildman–Crippen LogP) is 13.2. The van der Waals surface area contributed by atoms with E-state index in [2.05, 4.69) is 182 Å². The topological polar surface area (TPSA) is 25.8 Å². The number of para-hydroxylation sites is 1. The third-order valence-electron chi connectivity index (χ3n) is 9.88. The zero-order valence-electron chi connectivity index (χ0n) is 27.6. The average Bonchev–Trinajstić information content (AvgIpc) is 3.21. The monoisotopic (exact) mass is 666 g/mol. The van der Waals surface area contributed by atoms with Gasteiger partial charge in [-0.05, 0) is 86.3 Å². The molecule has 0 amide bonds. The van der Waals surface area contributed by atoms with E-state index in [9.17, 15) is 0 Å². The van der Waals surface area contributed by atoms with E-state index in [4.69, 9.17) is 9.97 Å². The first kappa shape index (κ1) is 29.6. The van der Waals surface area contributed by atoms with Crippen molar-refractivity contribution in [3.8, 4) is 67.2 Å². The Morgan fingerprint density at radius 2 is 0.902 bits per heavy atom. The van der Waals surface area contributed by atoms with Gasteiger partial charge < -0.3 is 0 Å². The summed E-state index contributed by atoms with van der Waals surface area (Å²) in [6, 6.07) is 65.0. The second-order valence-corrected chi connectivity index (χ2v) is 14.0. The van der Waals surface area contributed by atoms with Crippen molar-refractivity contribution in [2.75, 3.05) is 0 Å². The Labute approximate surface area is 301 Å². The zero-order chi connectivity index (χ0) is 33.7. The third-order valence-corrected chi connectivity index (χ3v) is 11.0. The van der Waals surface area contributed by atoms with Crippen LogP contribution >= 0.6 is 11.8 Å². The lowest BCUT2D eigenvalue weighted by molar-refractivity contribution is 1.23. The highest BCUT2D eigenvalue weighted by molar-refractivity contribution is 7.99. The van der Waals surface area contributed by atoms with E-state index >= 15 is 0 Å². The van der Waals surface area contributed by atoms with Crippen LogP contribution in [0, 0.1) is 0 Å². The molecule has 8 aromatic carbocycles. The molecular formula is C48H30N2S. The van der Waals surface area contributed by atoms with E-state index in [0.29, 0.717) is 0 Å². The largest absolute Gasteiger partial charge is 0.228 e. The highest BCUT2D eigenvalue weighted by Crippen LogP contribution is 2.50. The van der Waals surface area contributed by atoms with Crippen LogP contribution in [0.3, 0.4) is 0 Å². The van der Waals surface area contributed by atoms with Crippen LogP contribution in [-0.4, -0.2) is 9.97 Å². The summed E-state index contributed by atoms with van der Waals surface area (Å²) in [5, 5.41) is 3.47. The highest BCUT2D eigenvalue weighted by Gasteiger charge is 2.23. The van der Waals surface area contributed by atoms with Crippen LogP contribution in [0.5, 0.6) is 0 Å². The number of hydrogen-bond donors (Lipinski definition) is 0. The molecule has 0 N–H and O–H groups in total. The Kier molecular flexibility index (Phi) is 7.11. The number of fused-ring (bicyclic) bond motifs is 3. The predicted molar refractivity (Wildman–Crippen MR) is 214 cm³/mol. The number of benzene rings is 8. The van der Waals surface area contributed by atoms with Gasteiger partial charge in [-0.3, -0.25) is 0 Å². The highest BCUT2D eigenvalue weighted by atomic mass is 32.2. The molecule has 0 unspecified atom stereocenters. The summed E-state index contributed by atoms with van der Waals surface area (Å²) in [4.78, 5) is 13.0. The molecule has 0 atom stereocenters. The molecule has 2 nitrogen and oxygen atoms in total. The molecule has 2 heterocycles. The fourth-order valence-electron chi connectivity index (χ4n) is 7.41. The number of hydrogen-bond acceptors (Lipinski definition) is 3. The average molecular weight is 667 g/mol. The van der Waals surface area contributed by atoms with E-state index in [-0.39, 0.29) is 0 Å². The second kappa shape index (κ2) is 12.2. The lowest BCUT2D eigenvalue weighted by Crippen LogP contribution is -1.98. The summed E-state index contributed by atoms with van der Waals surface area (Å²) in [5.41, 5.74) is 13.8. The molecular weight excluding hydrogens is 637 g/mol. The van der Waals surface area contributed by atoms with Gasteiger partial charge in [0.1, 0.15) is 0 Å². The van der Waals surface area contributed by atoms with Crippen LogP contribution in [0.2, 0.25) is 0 Å². The van der Waals surface area contributed by atoms with Gasteiger partial charge in [-0.1, -0.05) is 157 Å². The Morgan fingerprint density at radius 1 is 0.333 bits per heavy atom. The molecule has 10 rings (SSSR count). The van der Waals surface area contributed by atoms with Crippen molar-refractivity contribution in [3.63, 3.8) is 0 Å². The van der Waals surface area contributed by atoms with E-state index in [0.717, 1.165) is 33.5 Å². The normalized spacial score (nSPS) is 11.8. The van der Waals surface area contributed by atoms with Crippen LogP contribution < -0.4 is 0 Å². The molecule has 238 valence electrons. The Morgan fingerprint density at radius 3 is 1.67 bits per heavy atom. The fraction of sp³-hybridized carbons (Fsp3) is 0. The summed E-state index contributed by atoms with van der Waals surface area (Å²) in [5.74, 6) is 0.738. The number of rotatable bonds is 5. The van der Waals surface area contributed by atoms with Gasteiger partial charge in [0, 0.05) is 31.7 Å². The van der Waals surface area contributed by atoms with Crippen LogP contribution in [0.1, 0.15) is 0 Å². The fourth-order valence-corrected chi connectivity index (χ4v) is 8.58. The van der Waals surface area contributed by atoms with Gasteiger partial charge in [-0.2, -0.15) is 0 Å². The SMILES string of the molecule is c1ccc(-c2cccc(-c3ccc4c(c3)Sc3ccc(-c5nc(-c6cccc(-c7ccccc7)c6)c6ccccc6n5)c5cccc-4c35)c2)cc1. The van der Waals surface area contributed by atoms with E-state index in [1.165, 1.54) is 65.1 Å². The smallest absolute Gasteiger partial charge is 0.161 e. The molecule has 0 bridgehead atoms. The summed E-state index contributed by atoms with van der Waals surface area (Å²) >= 11 is 1.85. The van der Waals surface area contributed by atoms with E-state index in [1.54, 1.807) is 0 Å². The molecule has 0 fully saturated rings. The molecule has 0 saturated heterocycles. The van der Waals surface area contributed by atoms with Gasteiger partial charge in [0.2, 0.25) is 0 Å². The van der Waals surface area contributed by atoms with Crippen molar-refractivity contribution in [1.29, 1.82) is 0 Å². The third kappa shape index (κ3) is 5.22. The van der Waals surface area contributed by atoms with Gasteiger partial charge in [0.15, 0.2) is 5.82 Å². The minimum atomic E-state index is 0.738. The molecule has 9 aromatic rings. The molecule has 0 spiro atoms. The second-order valence-electron chi connectivity index (χ2n) is 13.0. The van der Waals surface area contributed by atoms with E-state index < -0.39 is 0 Å². The quantitative estimate of drug-likeness (QED) is 0.183. The van der Waals surface area contributed by atoms with Crippen molar-refractivity contribution in [3.05, 3.63) is 182 Å². The van der Waals surface area contributed by atoms with Crippen LogP contribution in [0.25, 0.3) is 88.8 Å². The first-order valence-electron chi connectivity index (χ1n) is 17.2. The van der Waals surface area contributed by atoms with Crippen molar-refractivity contribution in [1.82, 2.24) is 9.97 Å². The molecule has 0 radical (unpaired) electrons. The molecule has 1 aliphatic heterocycles. The van der Waals surface area contributed by atoms with Crippen LogP contribution in [-0.2, 0) is 0 Å². The Bertz CT molecular complexity index is 2770. The van der Waals surface area contributed by atoms with Gasteiger partial charge >= 0.3 is 0 Å². The standard InChI is InChI=1S/C48H30N2S/c1-3-12-31(13-4-1)33-16-9-18-35(28-33)36-24-25-38-39-21-11-22-40-41(26-27-44(46(39)40)51-45(38)30-36)48-49-43-23-8-7-20-42(43)47(50-48)37-19-10-17-34(29-37)32-14-5-2-6-15-32/h1-30H. The summed E-state index contributed by atoms with van der Waals surface area (Å²) in [6.45, 7) is 0. The molecule has 1 aromatic heterocycles. The lowest BCUT2D eigenvalue weighted by Gasteiger charge is -2.22. The van der Waals surface area contributed by atoms with Crippen LogP contribution in [0.4, 0.5) is 0 Å². The molecule has 0 saturated carbocycles. The Balaban J connectivity index is 1.08. The van der Waals surface area contributed by atoms with Gasteiger partial charge in [0.05, 0.1) is 11.2 Å². The molecule has 0 aliphatic carbocycles. The minimum absolute atomic E-state index is 0.738. The first-order chi connectivity index (χ1) is 25.3. The van der Waals surface area contributed by atoms with Crippen molar-refractivity contribution >= 4 is 33.4 Å². The lowest BCUT2D eigenvalue weighted by atomic mass is 9.92. The van der Waals surface area contributed by atoms with Gasteiger partial charge in [0.25, 0.3) is 0 Å². The first-order valence-corrected chi connectivity index (χ1v) is 18.1. The molecule has 1 aliphatic rings. The molecule has 3 heteroatoms. The van der Waals surface area contributed by atoms with Crippen LogP contribution in [0.15, 0.2) is 192 Å². The van der Waals surface area contributed by atoms with E-state index in [1.807, 2.05) is 11.8 Å². The zero-order valence-corrected chi connectivity index (χ0v) is 28.4. The maximum atomic E-state index is 5.33. The van der Waals surface area contributed by atoms with Crippen molar-refractivity contribution in [2.45, 2.75) is 9.79 Å². The van der Waals surface area contributed by atoms with Gasteiger partial charge in [-0.15, -0.1) is 0 Å². The maximum absolute atomic E-state index is 5.33. The summed E-state index contributed by atoms with van der Waals surface area (Å²) in [7, 11) is 0. The minimum Gasteiger partial charge on any atom is -0.228 e. The summed E-state index contributed by atoms with van der Waals surface area (Å²) in [6.07, 6.45) is 0. The maximum Gasteiger partial charge on any atom is 0.161 e. The number of aromatic nitrogens is 2. The van der Waals surface area contributed by atoms with Gasteiger partial charge in [-0.25, -0.2) is 9.97 Å². The summed E-state index contributed by atoms with van der Waals surface area (Å²) < 4.78 is 0. The van der Waals surface area contributed by atoms with Crippen molar-refractivity contribution < 1.29 is 0 Å². The molecule has 51 heavy (non-hydrogen) atoms.